The molecule has 2 heterocycles. The first-order valence-electron chi connectivity index (χ1n) is 8.66. The molecule has 1 aliphatic heterocycles. The molecule has 2 aromatic rings. The summed E-state index contributed by atoms with van der Waals surface area (Å²) in [5, 5.41) is 12.5. The summed E-state index contributed by atoms with van der Waals surface area (Å²) in [6.45, 7) is -0.0631. The Morgan fingerprint density at radius 2 is 1.64 bits per heavy atom. The Morgan fingerprint density at radius 3 is 2.32 bits per heavy atom. The van der Waals surface area contributed by atoms with E-state index >= 15 is 0 Å². The van der Waals surface area contributed by atoms with E-state index in [0.717, 1.165) is 4.90 Å². The van der Waals surface area contributed by atoms with Gasteiger partial charge in [0, 0.05) is 17.3 Å². The topological polar surface area (TPSA) is 74.4 Å². The van der Waals surface area contributed by atoms with Crippen molar-refractivity contribution < 1.29 is 18.8 Å². The number of aromatic nitrogens is 2. The number of H-pyrrole nitrogens is 1. The van der Waals surface area contributed by atoms with Crippen LogP contribution in [-0.4, -0.2) is 26.1 Å². The second-order valence-corrected chi connectivity index (χ2v) is 5.88. The van der Waals surface area contributed by atoms with E-state index in [-0.39, 0.29) is 6.54 Å². The predicted octanol–water partition coefficient (Wildman–Crippen LogP) is 4.96. The van der Waals surface area contributed by atoms with Crippen LogP contribution in [0.1, 0.15) is 17.3 Å². The van der Waals surface area contributed by atoms with Gasteiger partial charge in [-0.25, -0.2) is 9.18 Å². The third-order valence-electron chi connectivity index (χ3n) is 4.08. The summed E-state index contributed by atoms with van der Waals surface area (Å²) in [6, 6.07) is 22.7. The highest BCUT2D eigenvalue weighted by molar-refractivity contribution is 5.67. The van der Waals surface area contributed by atoms with E-state index in [1.54, 1.807) is 42.6 Å². The number of amides is 1. The fourth-order valence-electron chi connectivity index (χ4n) is 2.82. The number of carbonyl (C=O) groups is 1. The maximum atomic E-state index is 14.2. The van der Waals surface area contributed by atoms with Crippen molar-refractivity contribution >= 4 is 6.09 Å². The van der Waals surface area contributed by atoms with Crippen LogP contribution >= 0.6 is 0 Å². The number of carboxylic acid groups (broad SMARTS) is 1. The van der Waals surface area contributed by atoms with Crippen LogP contribution in [0.2, 0.25) is 0 Å². The summed E-state index contributed by atoms with van der Waals surface area (Å²) in [6.07, 6.45) is 0.972. The smallest absolute Gasteiger partial charge is 0.409 e. The fourth-order valence-corrected chi connectivity index (χ4v) is 2.82. The van der Waals surface area contributed by atoms with E-state index in [4.69, 9.17) is 4.52 Å². The van der Waals surface area contributed by atoms with Crippen LogP contribution in [0.4, 0.5) is 9.18 Å². The number of rotatable bonds is 1. The van der Waals surface area contributed by atoms with Crippen LogP contribution in [0.3, 0.4) is 0 Å². The standard InChI is InChI=1S/C21H20FN3O3/c22-19-13-11-12-17-18(19)16-24(21(26)27)20(17)25-23-14-9-7-5-3-1-2-4-6-8-10-15-28-25/h1-15,20,23H,16H2,(H,26,27). The van der Waals surface area contributed by atoms with Crippen molar-refractivity contribution in [2.75, 3.05) is 0 Å². The number of halogens is 1. The van der Waals surface area contributed by atoms with Gasteiger partial charge in [-0.05, 0) is 18.2 Å². The van der Waals surface area contributed by atoms with Gasteiger partial charge in [0.25, 0.3) is 0 Å². The Hall–Kier alpha value is -3.74. The zero-order chi connectivity index (χ0) is 19.8. The molecule has 0 fully saturated rings. The van der Waals surface area contributed by atoms with Crippen molar-refractivity contribution in [3.8, 4) is 0 Å². The summed E-state index contributed by atoms with van der Waals surface area (Å²) in [7, 11) is 0. The Balaban J connectivity index is 2.16. The molecule has 6 nitrogen and oxygen atoms in total. The van der Waals surface area contributed by atoms with E-state index in [0.29, 0.717) is 11.1 Å². The Morgan fingerprint density at radius 1 is 1.00 bits per heavy atom. The van der Waals surface area contributed by atoms with E-state index in [9.17, 15) is 14.3 Å². The molecule has 1 aliphatic rings. The summed E-state index contributed by atoms with van der Waals surface area (Å²) < 4.78 is 19.8. The van der Waals surface area contributed by atoms with E-state index in [1.165, 1.54) is 17.2 Å². The molecular formula is C21H20FN3O3. The van der Waals surface area contributed by atoms with Gasteiger partial charge in [-0.15, -0.1) is 4.85 Å². The van der Waals surface area contributed by atoms with Crippen LogP contribution in [0.15, 0.2) is 95.8 Å². The minimum Gasteiger partial charge on any atom is -0.465 e. The molecule has 0 spiro atoms. The molecule has 0 aliphatic carbocycles. The Labute approximate surface area is 161 Å². The average Bonchev–Trinajstić information content (AvgIpc) is 3.06. The molecule has 2 N–H and O–H groups in total. The normalized spacial score (nSPS) is 14.3. The van der Waals surface area contributed by atoms with Crippen LogP contribution < -0.4 is 0 Å². The third kappa shape index (κ3) is 4.50. The molecular weight excluding hydrogens is 361 g/mol. The van der Waals surface area contributed by atoms with Crippen LogP contribution in [0.5, 0.6) is 0 Å². The molecule has 0 saturated heterocycles. The van der Waals surface area contributed by atoms with Gasteiger partial charge in [0.15, 0.2) is 6.17 Å². The lowest BCUT2D eigenvalue weighted by atomic mass is 10.1. The number of nitrogens with zero attached hydrogens (tertiary/aromatic N) is 2. The first-order valence-corrected chi connectivity index (χ1v) is 8.66. The molecule has 0 bridgehead atoms. The predicted molar refractivity (Wildman–Crippen MR) is 102 cm³/mol. The lowest BCUT2D eigenvalue weighted by Crippen LogP contribution is -2.32. The van der Waals surface area contributed by atoms with E-state index in [2.05, 4.69) is 5.10 Å². The van der Waals surface area contributed by atoms with Crippen molar-refractivity contribution in [3.05, 3.63) is 108 Å². The number of hydrogen-bond acceptors (Lipinski definition) is 2. The van der Waals surface area contributed by atoms with Gasteiger partial charge < -0.3 is 9.63 Å². The van der Waals surface area contributed by atoms with Crippen LogP contribution in [-0.2, 0) is 6.54 Å². The van der Waals surface area contributed by atoms with Gasteiger partial charge in [-0.2, -0.15) is 0 Å². The number of benzene rings is 1. The van der Waals surface area contributed by atoms with Gasteiger partial charge in [0.2, 0.25) is 0 Å². The van der Waals surface area contributed by atoms with Gasteiger partial charge in [-0.3, -0.25) is 10.00 Å². The first kappa shape index (κ1) is 19.0. The molecule has 1 atom stereocenters. The number of hydrogen-bond donors (Lipinski definition) is 2. The molecule has 28 heavy (non-hydrogen) atoms. The second kappa shape index (κ2) is 9.27. The summed E-state index contributed by atoms with van der Waals surface area (Å²) in [4.78, 5) is 14.1. The Bertz CT molecular complexity index is 951. The lowest BCUT2D eigenvalue weighted by Gasteiger charge is -2.22. The number of nitrogens with one attached hydrogen (secondary N) is 1. The fraction of sp³-hybridized carbons (Fsp3) is 0.0952. The van der Waals surface area contributed by atoms with Crippen molar-refractivity contribution in [2.45, 2.75) is 12.7 Å². The molecule has 1 aromatic heterocycles. The van der Waals surface area contributed by atoms with Gasteiger partial charge >= 0.3 is 6.09 Å². The molecule has 1 unspecified atom stereocenters. The minimum absolute atomic E-state index is 0.0631. The number of fused-ring (bicyclic) bond motifs is 1. The van der Waals surface area contributed by atoms with Gasteiger partial charge in [0.1, 0.15) is 12.1 Å². The lowest BCUT2D eigenvalue weighted by molar-refractivity contribution is 0.0665. The second-order valence-electron chi connectivity index (χ2n) is 5.88. The van der Waals surface area contributed by atoms with E-state index in [1.807, 2.05) is 36.4 Å². The summed E-state index contributed by atoms with van der Waals surface area (Å²) in [5.41, 5.74) is 0.853. The van der Waals surface area contributed by atoms with Crippen molar-refractivity contribution in [2.24, 2.45) is 0 Å². The third-order valence-corrected chi connectivity index (χ3v) is 4.08. The molecule has 1 aromatic carbocycles. The van der Waals surface area contributed by atoms with E-state index < -0.39 is 18.1 Å². The van der Waals surface area contributed by atoms with Crippen molar-refractivity contribution in [3.63, 3.8) is 0 Å². The highest BCUT2D eigenvalue weighted by Gasteiger charge is 2.37. The molecule has 1 amide bonds. The molecule has 3 rings (SSSR count). The highest BCUT2D eigenvalue weighted by atomic mass is 19.1. The minimum atomic E-state index is -1.18. The molecule has 7 heteroatoms. The maximum Gasteiger partial charge on any atom is 0.409 e. The largest absolute Gasteiger partial charge is 0.465 e. The van der Waals surface area contributed by atoms with Gasteiger partial charge in [0.05, 0.1) is 6.54 Å². The Kier molecular flexibility index (Phi) is 6.30. The number of aromatic amines is 1. The molecule has 0 radical (unpaired) electrons. The SMILES string of the molecule is O=C(O)N1Cc2c(F)cccc2C1n1[nH]cccccccccccco1. The first-order chi connectivity index (χ1) is 13.7. The van der Waals surface area contributed by atoms with Crippen LogP contribution in [0.25, 0.3) is 0 Å². The van der Waals surface area contributed by atoms with Crippen LogP contribution in [0, 0.1) is 5.82 Å². The van der Waals surface area contributed by atoms with Gasteiger partial charge in [-0.1, -0.05) is 60.7 Å². The summed E-state index contributed by atoms with van der Waals surface area (Å²) >= 11 is 0. The highest BCUT2D eigenvalue weighted by Crippen LogP contribution is 2.35. The van der Waals surface area contributed by atoms with Crippen molar-refractivity contribution in [1.82, 2.24) is 14.9 Å². The zero-order valence-electron chi connectivity index (χ0n) is 15.0. The maximum absolute atomic E-state index is 14.2. The van der Waals surface area contributed by atoms with Crippen molar-refractivity contribution in [1.29, 1.82) is 0 Å². The monoisotopic (exact) mass is 381 g/mol. The zero-order valence-corrected chi connectivity index (χ0v) is 15.0. The average molecular weight is 381 g/mol. The quantitative estimate of drug-likeness (QED) is 0.733. The summed E-state index contributed by atoms with van der Waals surface area (Å²) in [5.74, 6) is -0.444. The molecule has 0 saturated carbocycles. The molecule has 144 valence electrons.